The first-order valence-electron chi connectivity index (χ1n) is 7.14. The Morgan fingerprint density at radius 1 is 1.37 bits per heavy atom. The molecular formula is C14H25N5. The summed E-state index contributed by atoms with van der Waals surface area (Å²) in [4.78, 5) is 10.9. The van der Waals surface area contributed by atoms with Gasteiger partial charge in [-0.05, 0) is 46.2 Å². The quantitative estimate of drug-likeness (QED) is 0.822. The minimum Gasteiger partial charge on any atom is -0.370 e. The van der Waals surface area contributed by atoms with E-state index in [-0.39, 0.29) is 0 Å². The van der Waals surface area contributed by atoms with Crippen LogP contribution in [0.15, 0.2) is 12.4 Å². The third kappa shape index (κ3) is 4.67. The van der Waals surface area contributed by atoms with Crippen LogP contribution in [-0.4, -0.2) is 47.6 Å². The first kappa shape index (κ1) is 14.1. The van der Waals surface area contributed by atoms with Crippen LogP contribution >= 0.6 is 0 Å². The summed E-state index contributed by atoms with van der Waals surface area (Å²) in [5.74, 6) is 2.62. The molecule has 1 aromatic rings. The number of aromatic nitrogens is 2. The van der Waals surface area contributed by atoms with Gasteiger partial charge in [-0.1, -0.05) is 0 Å². The zero-order chi connectivity index (χ0) is 13.7. The molecule has 1 aromatic heterocycles. The summed E-state index contributed by atoms with van der Waals surface area (Å²) in [7, 11) is 2.20. The maximum absolute atomic E-state index is 4.25. The maximum Gasteiger partial charge on any atom is 0.131 e. The topological polar surface area (TPSA) is 53.1 Å². The van der Waals surface area contributed by atoms with Crippen LogP contribution in [0.4, 0.5) is 11.6 Å². The Kier molecular flexibility index (Phi) is 4.96. The van der Waals surface area contributed by atoms with Crippen LogP contribution in [0.25, 0.3) is 0 Å². The number of likely N-dealkylation sites (tertiary alicyclic amines) is 1. The molecule has 19 heavy (non-hydrogen) atoms. The Balaban J connectivity index is 1.76. The van der Waals surface area contributed by atoms with E-state index in [1.807, 2.05) is 6.07 Å². The fourth-order valence-corrected chi connectivity index (χ4v) is 2.49. The SMILES string of the molecule is CC(C)Nc1cc(NCCC2CCN(C)C2)ncn1. The van der Waals surface area contributed by atoms with Crippen molar-refractivity contribution in [3.63, 3.8) is 0 Å². The average Bonchev–Trinajstić information content (AvgIpc) is 2.75. The van der Waals surface area contributed by atoms with Gasteiger partial charge in [0.1, 0.15) is 18.0 Å². The van der Waals surface area contributed by atoms with E-state index in [1.165, 1.54) is 25.9 Å². The van der Waals surface area contributed by atoms with Crippen LogP contribution in [0.1, 0.15) is 26.7 Å². The summed E-state index contributed by atoms with van der Waals surface area (Å²) in [5.41, 5.74) is 0. The third-order valence-corrected chi connectivity index (χ3v) is 3.45. The van der Waals surface area contributed by atoms with E-state index < -0.39 is 0 Å². The van der Waals surface area contributed by atoms with Gasteiger partial charge in [0.25, 0.3) is 0 Å². The monoisotopic (exact) mass is 263 g/mol. The Morgan fingerprint density at radius 2 is 2.16 bits per heavy atom. The molecule has 106 valence electrons. The molecule has 1 aliphatic heterocycles. The predicted molar refractivity (Wildman–Crippen MR) is 79.5 cm³/mol. The van der Waals surface area contributed by atoms with Crippen LogP contribution in [0.5, 0.6) is 0 Å². The molecule has 2 heterocycles. The minimum absolute atomic E-state index is 0.386. The largest absolute Gasteiger partial charge is 0.370 e. The fraction of sp³-hybridized carbons (Fsp3) is 0.714. The zero-order valence-corrected chi connectivity index (χ0v) is 12.2. The average molecular weight is 263 g/mol. The van der Waals surface area contributed by atoms with Crippen molar-refractivity contribution in [3.8, 4) is 0 Å². The first-order valence-corrected chi connectivity index (χ1v) is 7.14. The summed E-state index contributed by atoms with van der Waals surface area (Å²) in [6.07, 6.45) is 4.14. The molecule has 0 amide bonds. The second-order valence-electron chi connectivity index (χ2n) is 5.72. The number of anilines is 2. The van der Waals surface area contributed by atoms with Crippen molar-refractivity contribution in [2.24, 2.45) is 5.92 Å². The van der Waals surface area contributed by atoms with Crippen molar-refractivity contribution in [1.29, 1.82) is 0 Å². The lowest BCUT2D eigenvalue weighted by atomic mass is 10.1. The number of nitrogens with zero attached hydrogens (tertiary/aromatic N) is 3. The number of hydrogen-bond acceptors (Lipinski definition) is 5. The molecule has 5 heteroatoms. The molecule has 0 aliphatic carbocycles. The fourth-order valence-electron chi connectivity index (χ4n) is 2.49. The smallest absolute Gasteiger partial charge is 0.131 e. The number of hydrogen-bond donors (Lipinski definition) is 2. The van der Waals surface area contributed by atoms with Gasteiger partial charge in [-0.25, -0.2) is 9.97 Å². The van der Waals surface area contributed by atoms with Gasteiger partial charge in [0, 0.05) is 25.2 Å². The molecule has 1 unspecified atom stereocenters. The Labute approximate surface area is 115 Å². The molecule has 0 spiro atoms. The van der Waals surface area contributed by atoms with Crippen LogP contribution in [0, 0.1) is 5.92 Å². The van der Waals surface area contributed by atoms with Gasteiger partial charge in [0.15, 0.2) is 0 Å². The molecule has 1 atom stereocenters. The Bertz CT molecular complexity index is 393. The van der Waals surface area contributed by atoms with Crippen molar-refractivity contribution in [2.75, 3.05) is 37.3 Å². The summed E-state index contributed by atoms with van der Waals surface area (Å²) in [6, 6.07) is 2.36. The molecule has 0 radical (unpaired) electrons. The lowest BCUT2D eigenvalue weighted by Gasteiger charge is -2.12. The highest BCUT2D eigenvalue weighted by Gasteiger charge is 2.18. The van der Waals surface area contributed by atoms with Crippen molar-refractivity contribution in [3.05, 3.63) is 12.4 Å². The number of nitrogens with one attached hydrogen (secondary N) is 2. The van der Waals surface area contributed by atoms with Gasteiger partial charge in [0.2, 0.25) is 0 Å². The molecule has 0 bridgehead atoms. The highest BCUT2D eigenvalue weighted by atomic mass is 15.1. The minimum atomic E-state index is 0.386. The lowest BCUT2D eigenvalue weighted by Crippen LogP contribution is -2.16. The van der Waals surface area contributed by atoms with Gasteiger partial charge in [0.05, 0.1) is 0 Å². The summed E-state index contributed by atoms with van der Waals surface area (Å²) in [6.45, 7) is 7.65. The summed E-state index contributed by atoms with van der Waals surface area (Å²) >= 11 is 0. The van der Waals surface area contributed by atoms with Gasteiger partial charge in [-0.3, -0.25) is 0 Å². The van der Waals surface area contributed by atoms with E-state index in [1.54, 1.807) is 6.33 Å². The van der Waals surface area contributed by atoms with Gasteiger partial charge in [-0.2, -0.15) is 0 Å². The highest BCUT2D eigenvalue weighted by Crippen LogP contribution is 2.18. The van der Waals surface area contributed by atoms with E-state index in [9.17, 15) is 0 Å². The van der Waals surface area contributed by atoms with E-state index >= 15 is 0 Å². The molecular weight excluding hydrogens is 238 g/mol. The van der Waals surface area contributed by atoms with Crippen molar-refractivity contribution < 1.29 is 0 Å². The molecule has 1 fully saturated rings. The lowest BCUT2D eigenvalue weighted by molar-refractivity contribution is 0.390. The van der Waals surface area contributed by atoms with E-state index in [0.29, 0.717) is 6.04 Å². The van der Waals surface area contributed by atoms with Gasteiger partial charge >= 0.3 is 0 Å². The number of rotatable bonds is 6. The maximum atomic E-state index is 4.25. The Hall–Kier alpha value is -1.36. The van der Waals surface area contributed by atoms with Crippen molar-refractivity contribution >= 4 is 11.6 Å². The zero-order valence-electron chi connectivity index (χ0n) is 12.2. The summed E-state index contributed by atoms with van der Waals surface area (Å²) in [5, 5.41) is 6.68. The predicted octanol–water partition coefficient (Wildman–Crippen LogP) is 2.05. The second-order valence-corrected chi connectivity index (χ2v) is 5.72. The first-order chi connectivity index (χ1) is 9.13. The van der Waals surface area contributed by atoms with Crippen LogP contribution < -0.4 is 10.6 Å². The summed E-state index contributed by atoms with van der Waals surface area (Å²) < 4.78 is 0. The Morgan fingerprint density at radius 3 is 2.84 bits per heavy atom. The third-order valence-electron chi connectivity index (χ3n) is 3.45. The van der Waals surface area contributed by atoms with Crippen LogP contribution in [0.2, 0.25) is 0 Å². The molecule has 1 aliphatic rings. The van der Waals surface area contributed by atoms with Crippen molar-refractivity contribution in [1.82, 2.24) is 14.9 Å². The van der Waals surface area contributed by atoms with Crippen LogP contribution in [0.3, 0.4) is 0 Å². The van der Waals surface area contributed by atoms with E-state index in [2.05, 4.69) is 46.4 Å². The molecule has 0 saturated carbocycles. The highest BCUT2D eigenvalue weighted by molar-refractivity contribution is 5.46. The van der Waals surface area contributed by atoms with Crippen LogP contribution in [-0.2, 0) is 0 Å². The molecule has 1 saturated heterocycles. The molecule has 0 aromatic carbocycles. The van der Waals surface area contributed by atoms with Gasteiger partial charge in [-0.15, -0.1) is 0 Å². The normalized spacial score (nSPS) is 19.9. The van der Waals surface area contributed by atoms with Gasteiger partial charge < -0.3 is 15.5 Å². The van der Waals surface area contributed by atoms with E-state index in [4.69, 9.17) is 0 Å². The standard InChI is InChI=1S/C14H25N5/c1-11(2)18-14-8-13(16-10-17-14)15-6-4-12-5-7-19(3)9-12/h8,10-12H,4-7,9H2,1-3H3,(H2,15,16,17,18). The van der Waals surface area contributed by atoms with Crippen molar-refractivity contribution in [2.45, 2.75) is 32.7 Å². The molecule has 2 rings (SSSR count). The van der Waals surface area contributed by atoms with E-state index in [0.717, 1.165) is 24.1 Å². The molecule has 2 N–H and O–H groups in total. The second kappa shape index (κ2) is 6.70. The molecule has 5 nitrogen and oxygen atoms in total.